The molecule has 7 nitrogen and oxygen atoms in total. The molecule has 2 aromatic heterocycles. The molecule has 4 aromatic rings. The molecule has 0 saturated carbocycles. The summed E-state index contributed by atoms with van der Waals surface area (Å²) in [5.74, 6) is 1.68. The lowest BCUT2D eigenvalue weighted by molar-refractivity contribution is 0.355. The monoisotopic (exact) mass is 455 g/mol. The van der Waals surface area contributed by atoms with Crippen LogP contribution in [0.3, 0.4) is 0 Å². The van der Waals surface area contributed by atoms with Gasteiger partial charge in [0.15, 0.2) is 11.5 Å². The second kappa shape index (κ2) is 8.83. The molecule has 2 heterocycles. The van der Waals surface area contributed by atoms with Gasteiger partial charge in [-0.1, -0.05) is 23.2 Å². The van der Waals surface area contributed by atoms with Gasteiger partial charge in [0.05, 0.1) is 36.8 Å². The van der Waals surface area contributed by atoms with Gasteiger partial charge in [-0.25, -0.2) is 9.97 Å². The van der Waals surface area contributed by atoms with Crippen LogP contribution in [-0.4, -0.2) is 34.0 Å². The summed E-state index contributed by atoms with van der Waals surface area (Å²) in [7, 11) is 5.04. The summed E-state index contributed by atoms with van der Waals surface area (Å²) >= 11 is 12.5. The average Bonchev–Trinajstić information content (AvgIpc) is 3.15. The zero-order valence-corrected chi connectivity index (χ0v) is 18.6. The zero-order chi connectivity index (χ0) is 22.0. The highest BCUT2D eigenvalue weighted by Crippen LogP contribution is 2.36. The van der Waals surface area contributed by atoms with Crippen molar-refractivity contribution in [3.05, 3.63) is 64.9 Å². The predicted molar refractivity (Wildman–Crippen MR) is 123 cm³/mol. The van der Waals surface area contributed by atoms with Crippen LogP contribution in [0.2, 0.25) is 10.0 Å². The molecule has 0 aliphatic heterocycles. The number of aromatic nitrogens is 4. The van der Waals surface area contributed by atoms with Crippen LogP contribution >= 0.6 is 23.2 Å². The highest BCUT2D eigenvalue weighted by atomic mass is 35.5. The third kappa shape index (κ3) is 4.28. The highest BCUT2D eigenvalue weighted by Gasteiger charge is 2.17. The molecule has 0 bridgehead atoms. The molecule has 0 radical (unpaired) electrons. The smallest absolute Gasteiger partial charge is 0.227 e. The Morgan fingerprint density at radius 1 is 0.935 bits per heavy atom. The fourth-order valence-corrected chi connectivity index (χ4v) is 3.74. The summed E-state index contributed by atoms with van der Waals surface area (Å²) in [4.78, 5) is 9.00. The van der Waals surface area contributed by atoms with E-state index in [1.54, 1.807) is 43.4 Å². The second-order valence-electron chi connectivity index (χ2n) is 6.61. The Morgan fingerprint density at radius 2 is 1.74 bits per heavy atom. The van der Waals surface area contributed by atoms with Gasteiger partial charge >= 0.3 is 0 Å². The summed E-state index contributed by atoms with van der Waals surface area (Å²) in [6, 6.07) is 12.7. The van der Waals surface area contributed by atoms with Crippen LogP contribution in [-0.2, 0) is 7.05 Å². The maximum atomic E-state index is 6.45. The lowest BCUT2D eigenvalue weighted by atomic mass is 10.1. The normalized spacial score (nSPS) is 10.7. The fourth-order valence-electron chi connectivity index (χ4n) is 3.24. The van der Waals surface area contributed by atoms with E-state index in [1.165, 1.54) is 0 Å². The van der Waals surface area contributed by atoms with Crippen LogP contribution in [0.25, 0.3) is 22.5 Å². The van der Waals surface area contributed by atoms with Crippen molar-refractivity contribution in [1.82, 2.24) is 19.7 Å². The number of halogens is 2. The van der Waals surface area contributed by atoms with Gasteiger partial charge in [-0.3, -0.25) is 4.68 Å². The number of benzene rings is 2. The van der Waals surface area contributed by atoms with E-state index in [1.807, 2.05) is 37.4 Å². The van der Waals surface area contributed by atoms with Gasteiger partial charge < -0.3 is 14.8 Å². The van der Waals surface area contributed by atoms with Gasteiger partial charge in [0.25, 0.3) is 0 Å². The molecule has 0 amide bonds. The molecule has 158 valence electrons. The standard InChI is InChI=1S/C22H19Cl2N5O2/c1-29-21(15-6-4-13(23)10-17(15)24)16(12-26-29)18-8-9-25-22(28-18)27-14-5-7-19(30-2)20(11-14)31-3/h4-12H,1-3H3,(H,25,27,28). The zero-order valence-electron chi connectivity index (χ0n) is 17.1. The van der Waals surface area contributed by atoms with Crippen molar-refractivity contribution >= 4 is 34.8 Å². The molecule has 9 heteroatoms. The molecule has 0 aliphatic carbocycles. The van der Waals surface area contributed by atoms with Gasteiger partial charge in [0.1, 0.15) is 0 Å². The van der Waals surface area contributed by atoms with Gasteiger partial charge in [-0.2, -0.15) is 5.10 Å². The summed E-state index contributed by atoms with van der Waals surface area (Å²) in [6.07, 6.45) is 3.44. The van der Waals surface area contributed by atoms with Crippen molar-refractivity contribution in [1.29, 1.82) is 0 Å². The highest BCUT2D eigenvalue weighted by molar-refractivity contribution is 6.36. The minimum Gasteiger partial charge on any atom is -0.493 e. The molecule has 0 saturated heterocycles. The van der Waals surface area contributed by atoms with Gasteiger partial charge in [0, 0.05) is 41.1 Å². The average molecular weight is 456 g/mol. The molecular weight excluding hydrogens is 437 g/mol. The number of nitrogens with zero attached hydrogens (tertiary/aromatic N) is 4. The SMILES string of the molecule is COc1ccc(Nc2nccc(-c3cnn(C)c3-c3ccc(Cl)cc3Cl)n2)cc1OC. The van der Waals surface area contributed by atoms with Crippen molar-refractivity contribution < 1.29 is 9.47 Å². The minimum absolute atomic E-state index is 0.432. The molecular formula is C22H19Cl2N5O2. The lowest BCUT2D eigenvalue weighted by Gasteiger charge is -2.11. The maximum Gasteiger partial charge on any atom is 0.227 e. The van der Waals surface area contributed by atoms with Crippen molar-refractivity contribution in [3.8, 4) is 34.0 Å². The van der Waals surface area contributed by atoms with E-state index in [0.29, 0.717) is 33.2 Å². The van der Waals surface area contributed by atoms with E-state index >= 15 is 0 Å². The number of hydrogen-bond donors (Lipinski definition) is 1. The molecule has 1 N–H and O–H groups in total. The number of nitrogens with one attached hydrogen (secondary N) is 1. The third-order valence-electron chi connectivity index (χ3n) is 4.70. The van der Waals surface area contributed by atoms with Crippen LogP contribution in [0.1, 0.15) is 0 Å². The van der Waals surface area contributed by atoms with Crippen molar-refractivity contribution in [2.24, 2.45) is 7.05 Å². The lowest BCUT2D eigenvalue weighted by Crippen LogP contribution is -2.00. The molecule has 0 unspecified atom stereocenters. The van der Waals surface area contributed by atoms with E-state index in [0.717, 1.165) is 22.5 Å². The minimum atomic E-state index is 0.432. The van der Waals surface area contributed by atoms with Crippen molar-refractivity contribution in [3.63, 3.8) is 0 Å². The fraction of sp³-hybridized carbons (Fsp3) is 0.136. The molecule has 0 aliphatic rings. The quantitative estimate of drug-likeness (QED) is 0.407. The Balaban J connectivity index is 1.70. The number of anilines is 2. The van der Waals surface area contributed by atoms with Gasteiger partial charge in [-0.15, -0.1) is 0 Å². The number of hydrogen-bond acceptors (Lipinski definition) is 6. The van der Waals surface area contributed by atoms with E-state index in [-0.39, 0.29) is 0 Å². The van der Waals surface area contributed by atoms with E-state index in [2.05, 4.69) is 20.4 Å². The summed E-state index contributed by atoms with van der Waals surface area (Å²) in [5, 5.41) is 8.71. The first-order valence-electron chi connectivity index (χ1n) is 9.30. The van der Waals surface area contributed by atoms with Crippen molar-refractivity contribution in [2.75, 3.05) is 19.5 Å². The Hall–Kier alpha value is -3.29. The van der Waals surface area contributed by atoms with Crippen LogP contribution in [0, 0.1) is 0 Å². The van der Waals surface area contributed by atoms with E-state index in [9.17, 15) is 0 Å². The molecule has 0 spiro atoms. The van der Waals surface area contributed by atoms with Crippen LogP contribution in [0.4, 0.5) is 11.6 Å². The molecule has 4 rings (SSSR count). The second-order valence-corrected chi connectivity index (χ2v) is 7.46. The van der Waals surface area contributed by atoms with Crippen LogP contribution in [0.15, 0.2) is 54.9 Å². The first-order chi connectivity index (χ1) is 15.0. The summed E-state index contributed by atoms with van der Waals surface area (Å²) in [6.45, 7) is 0. The maximum absolute atomic E-state index is 6.45. The number of rotatable bonds is 6. The number of aryl methyl sites for hydroxylation is 1. The Kier molecular flexibility index (Phi) is 5.97. The number of ether oxygens (including phenoxy) is 2. The number of methoxy groups -OCH3 is 2. The Labute approximate surface area is 189 Å². The molecule has 0 atom stereocenters. The topological polar surface area (TPSA) is 74.1 Å². The predicted octanol–water partition coefficient (Wildman–Crippen LogP) is 5.61. The third-order valence-corrected chi connectivity index (χ3v) is 5.24. The molecule has 0 fully saturated rings. The first kappa shape index (κ1) is 21.0. The van der Waals surface area contributed by atoms with Crippen LogP contribution < -0.4 is 14.8 Å². The Morgan fingerprint density at radius 3 is 2.48 bits per heavy atom. The summed E-state index contributed by atoms with van der Waals surface area (Å²) < 4.78 is 12.4. The largest absolute Gasteiger partial charge is 0.493 e. The van der Waals surface area contributed by atoms with E-state index in [4.69, 9.17) is 32.7 Å². The van der Waals surface area contributed by atoms with E-state index < -0.39 is 0 Å². The van der Waals surface area contributed by atoms with Crippen LogP contribution in [0.5, 0.6) is 11.5 Å². The van der Waals surface area contributed by atoms with Gasteiger partial charge in [0.2, 0.25) is 5.95 Å². The summed E-state index contributed by atoms with van der Waals surface area (Å²) in [5.41, 5.74) is 3.94. The first-order valence-corrected chi connectivity index (χ1v) is 10.1. The molecule has 31 heavy (non-hydrogen) atoms. The Bertz CT molecular complexity index is 1240. The molecule has 2 aromatic carbocycles. The van der Waals surface area contributed by atoms with Crippen molar-refractivity contribution in [2.45, 2.75) is 0 Å². The van der Waals surface area contributed by atoms with Gasteiger partial charge in [-0.05, 0) is 36.4 Å².